The van der Waals surface area contributed by atoms with Crippen LogP contribution in [0.5, 0.6) is 5.75 Å². The van der Waals surface area contributed by atoms with Gasteiger partial charge in [0, 0.05) is 16.4 Å². The van der Waals surface area contributed by atoms with E-state index in [2.05, 4.69) is 37.1 Å². The molecule has 22 heavy (non-hydrogen) atoms. The quantitative estimate of drug-likeness (QED) is 0.863. The maximum absolute atomic E-state index is 10.1. The lowest BCUT2D eigenvalue weighted by Gasteiger charge is -2.43. The van der Waals surface area contributed by atoms with Crippen molar-refractivity contribution in [2.75, 3.05) is 26.5 Å². The summed E-state index contributed by atoms with van der Waals surface area (Å²) in [6.07, 6.45) is 3.97. The van der Waals surface area contributed by atoms with Gasteiger partial charge >= 0.3 is 0 Å². The Balaban J connectivity index is 1.99. The van der Waals surface area contributed by atoms with E-state index in [0.717, 1.165) is 37.3 Å². The van der Waals surface area contributed by atoms with Gasteiger partial charge in [-0.15, -0.1) is 11.8 Å². The molecule has 3 nitrogen and oxygen atoms in total. The van der Waals surface area contributed by atoms with Crippen molar-refractivity contribution in [1.82, 2.24) is 4.90 Å². The first-order chi connectivity index (χ1) is 10.6. The molecule has 0 spiro atoms. The number of ether oxygens (including phenoxy) is 1. The van der Waals surface area contributed by atoms with Crippen molar-refractivity contribution in [3.63, 3.8) is 0 Å². The average Bonchev–Trinajstić information content (AvgIpc) is 2.86. The summed E-state index contributed by atoms with van der Waals surface area (Å²) in [5.74, 6) is 2.03. The summed E-state index contributed by atoms with van der Waals surface area (Å²) in [6.45, 7) is 3.30. The number of methoxy groups -OCH3 is 1. The number of fused-ring (bicyclic) bond motifs is 1. The highest BCUT2D eigenvalue weighted by Gasteiger charge is 2.50. The molecule has 0 bridgehead atoms. The normalized spacial score (nSPS) is 32.0. The van der Waals surface area contributed by atoms with E-state index in [1.807, 2.05) is 11.8 Å². The summed E-state index contributed by atoms with van der Waals surface area (Å²) in [5, 5.41) is 10.1. The van der Waals surface area contributed by atoms with Gasteiger partial charge in [0.15, 0.2) is 0 Å². The maximum Gasteiger partial charge on any atom is 0.132 e. The topological polar surface area (TPSA) is 32.7 Å². The first kappa shape index (κ1) is 16.2. The van der Waals surface area contributed by atoms with Gasteiger partial charge in [0.1, 0.15) is 5.75 Å². The van der Waals surface area contributed by atoms with Crippen molar-refractivity contribution >= 4 is 11.8 Å². The van der Waals surface area contributed by atoms with Crippen molar-refractivity contribution in [1.29, 1.82) is 0 Å². The molecule has 0 aromatic heterocycles. The first-order valence-corrected chi connectivity index (χ1v) is 9.29. The van der Waals surface area contributed by atoms with Crippen LogP contribution in [0.25, 0.3) is 0 Å². The number of nitrogens with zero attached hydrogens (tertiary/aromatic N) is 1. The van der Waals surface area contributed by atoms with Crippen molar-refractivity contribution in [2.45, 2.75) is 55.1 Å². The van der Waals surface area contributed by atoms with Gasteiger partial charge < -0.3 is 14.7 Å². The fraction of sp³-hybridized carbons (Fsp3) is 0.667. The third-order valence-corrected chi connectivity index (χ3v) is 6.46. The molecule has 1 heterocycles. The molecule has 2 aliphatic rings. The van der Waals surface area contributed by atoms with Gasteiger partial charge in [-0.2, -0.15) is 0 Å². The number of aliphatic hydroxyl groups is 1. The average molecular weight is 321 g/mol. The Morgan fingerprint density at radius 3 is 2.95 bits per heavy atom. The standard InChI is InChI=1S/C18H27NO2S/c1-4-22-16-11-13(5-6-15(16)21-3)18-8-7-14(20)12-17(18)19(2)10-9-18/h5-6,11,14,17,20H,4,7-10,12H2,1-3H3/t14-,17+,18+/m1/s1. The highest BCUT2D eigenvalue weighted by atomic mass is 32.2. The minimum Gasteiger partial charge on any atom is -0.496 e. The largest absolute Gasteiger partial charge is 0.496 e. The van der Waals surface area contributed by atoms with E-state index in [1.165, 1.54) is 16.9 Å². The lowest BCUT2D eigenvalue weighted by atomic mass is 9.65. The molecule has 1 aromatic carbocycles. The lowest BCUT2D eigenvalue weighted by Crippen LogP contribution is -2.47. The van der Waals surface area contributed by atoms with Gasteiger partial charge in [-0.1, -0.05) is 13.0 Å². The van der Waals surface area contributed by atoms with Gasteiger partial charge in [0.2, 0.25) is 0 Å². The maximum atomic E-state index is 10.1. The number of likely N-dealkylation sites (tertiary alicyclic amines) is 1. The molecule has 122 valence electrons. The Morgan fingerprint density at radius 1 is 1.41 bits per heavy atom. The van der Waals surface area contributed by atoms with Gasteiger partial charge in [-0.25, -0.2) is 0 Å². The molecule has 1 N–H and O–H groups in total. The summed E-state index contributed by atoms with van der Waals surface area (Å²) in [7, 11) is 3.95. The molecule has 4 heteroatoms. The smallest absolute Gasteiger partial charge is 0.132 e. The highest BCUT2D eigenvalue weighted by molar-refractivity contribution is 7.99. The predicted octanol–water partition coefficient (Wildman–Crippen LogP) is 3.29. The Morgan fingerprint density at radius 2 is 2.23 bits per heavy atom. The number of rotatable bonds is 4. The van der Waals surface area contributed by atoms with Crippen molar-refractivity contribution in [3.05, 3.63) is 23.8 Å². The van der Waals surface area contributed by atoms with Gasteiger partial charge in [-0.05, 0) is 62.7 Å². The van der Waals surface area contributed by atoms with Crippen LogP contribution in [0.2, 0.25) is 0 Å². The molecule has 0 radical (unpaired) electrons. The number of likely N-dealkylation sites (N-methyl/N-ethyl adjacent to an activating group) is 1. The predicted molar refractivity (Wildman–Crippen MR) is 92.0 cm³/mol. The van der Waals surface area contributed by atoms with E-state index in [4.69, 9.17) is 4.74 Å². The minimum atomic E-state index is -0.138. The molecule has 2 fully saturated rings. The zero-order chi connectivity index (χ0) is 15.7. The summed E-state index contributed by atoms with van der Waals surface area (Å²) >= 11 is 1.85. The number of benzene rings is 1. The van der Waals surface area contributed by atoms with E-state index in [0.29, 0.717) is 6.04 Å². The fourth-order valence-corrected chi connectivity index (χ4v) is 5.17. The molecular formula is C18H27NO2S. The van der Waals surface area contributed by atoms with Crippen molar-refractivity contribution in [3.8, 4) is 5.75 Å². The molecule has 1 saturated heterocycles. The second-order valence-electron chi connectivity index (χ2n) is 6.63. The molecular weight excluding hydrogens is 294 g/mol. The Labute approximate surface area is 138 Å². The van der Waals surface area contributed by atoms with E-state index in [-0.39, 0.29) is 11.5 Å². The Kier molecular flexibility index (Phi) is 4.72. The van der Waals surface area contributed by atoms with Crippen LogP contribution in [0.3, 0.4) is 0 Å². The number of hydrogen-bond acceptors (Lipinski definition) is 4. The van der Waals surface area contributed by atoms with Crippen LogP contribution in [0.1, 0.15) is 38.2 Å². The third kappa shape index (κ3) is 2.66. The summed E-state index contributed by atoms with van der Waals surface area (Å²) in [6, 6.07) is 7.19. The number of hydrogen-bond donors (Lipinski definition) is 1. The van der Waals surface area contributed by atoms with Gasteiger partial charge in [0.05, 0.1) is 13.2 Å². The van der Waals surface area contributed by atoms with Crippen LogP contribution in [-0.4, -0.2) is 48.6 Å². The number of aliphatic hydroxyl groups excluding tert-OH is 1. The minimum absolute atomic E-state index is 0.138. The third-order valence-electron chi connectivity index (χ3n) is 5.54. The fourth-order valence-electron chi connectivity index (χ4n) is 4.35. The molecule has 1 saturated carbocycles. The Hall–Kier alpha value is -0.710. The molecule has 0 unspecified atom stereocenters. The molecule has 1 aliphatic carbocycles. The number of thioether (sulfide) groups is 1. The first-order valence-electron chi connectivity index (χ1n) is 8.30. The van der Waals surface area contributed by atoms with Crippen molar-refractivity contribution < 1.29 is 9.84 Å². The molecule has 0 amide bonds. The van der Waals surface area contributed by atoms with Gasteiger partial charge in [0.25, 0.3) is 0 Å². The van der Waals surface area contributed by atoms with E-state index >= 15 is 0 Å². The van der Waals surface area contributed by atoms with Crippen LogP contribution >= 0.6 is 11.8 Å². The molecule has 1 aliphatic heterocycles. The second kappa shape index (κ2) is 6.42. The summed E-state index contributed by atoms with van der Waals surface area (Å²) in [5.41, 5.74) is 1.65. The molecule has 3 atom stereocenters. The van der Waals surface area contributed by atoms with Crippen LogP contribution < -0.4 is 4.74 Å². The van der Waals surface area contributed by atoms with Crippen LogP contribution in [0.15, 0.2) is 23.1 Å². The van der Waals surface area contributed by atoms with Crippen molar-refractivity contribution in [2.24, 2.45) is 0 Å². The van der Waals surface area contributed by atoms with E-state index in [9.17, 15) is 5.11 Å². The van der Waals surface area contributed by atoms with E-state index in [1.54, 1.807) is 7.11 Å². The zero-order valence-corrected chi connectivity index (χ0v) is 14.7. The molecule has 1 aromatic rings. The highest BCUT2D eigenvalue weighted by Crippen LogP contribution is 2.49. The SMILES string of the molecule is CCSc1cc([C@@]23CC[C@@H](O)C[C@@H]2N(C)CC3)ccc1OC. The summed E-state index contributed by atoms with van der Waals surface area (Å²) < 4.78 is 5.52. The zero-order valence-electron chi connectivity index (χ0n) is 13.8. The van der Waals surface area contributed by atoms with Crippen LogP contribution in [0.4, 0.5) is 0 Å². The second-order valence-corrected chi connectivity index (χ2v) is 7.94. The van der Waals surface area contributed by atoms with E-state index < -0.39 is 0 Å². The molecule has 3 rings (SSSR count). The Bertz CT molecular complexity index is 536. The lowest BCUT2D eigenvalue weighted by molar-refractivity contribution is 0.0566. The summed E-state index contributed by atoms with van der Waals surface area (Å²) in [4.78, 5) is 3.69. The van der Waals surface area contributed by atoms with Gasteiger partial charge in [-0.3, -0.25) is 0 Å². The monoisotopic (exact) mass is 321 g/mol. The van der Waals surface area contributed by atoms with Crippen LogP contribution in [0, 0.1) is 0 Å². The van der Waals surface area contributed by atoms with Crippen LogP contribution in [-0.2, 0) is 5.41 Å².